The molecule has 0 bridgehead atoms. The molecule has 0 radical (unpaired) electrons. The van der Waals surface area contributed by atoms with Crippen molar-refractivity contribution >= 4 is 0 Å². The average molecular weight is 206 g/mol. The zero-order valence-electron chi connectivity index (χ0n) is 8.93. The van der Waals surface area contributed by atoms with Gasteiger partial charge >= 0.3 is 0 Å². The van der Waals surface area contributed by atoms with Crippen molar-refractivity contribution in [3.05, 3.63) is 35.9 Å². The van der Waals surface area contributed by atoms with Crippen molar-refractivity contribution in [2.24, 2.45) is 5.92 Å². The molecular weight excluding hydrogens is 188 g/mol. The van der Waals surface area contributed by atoms with Crippen LogP contribution in [0.1, 0.15) is 18.4 Å². The molecular formula is C13H18O2. The summed E-state index contributed by atoms with van der Waals surface area (Å²) in [6.45, 7) is 1.43. The summed E-state index contributed by atoms with van der Waals surface area (Å²) in [5.74, 6) is 0.318. The molecule has 2 rings (SSSR count). The van der Waals surface area contributed by atoms with Crippen molar-refractivity contribution in [3.63, 3.8) is 0 Å². The van der Waals surface area contributed by atoms with Gasteiger partial charge in [-0.2, -0.15) is 0 Å². The number of rotatable bonds is 3. The van der Waals surface area contributed by atoms with Gasteiger partial charge in [0, 0.05) is 12.5 Å². The Morgan fingerprint density at radius 1 is 1.27 bits per heavy atom. The topological polar surface area (TPSA) is 29.5 Å². The van der Waals surface area contributed by atoms with Gasteiger partial charge in [0.1, 0.15) is 0 Å². The first-order valence-corrected chi connectivity index (χ1v) is 5.66. The first kappa shape index (κ1) is 10.7. The summed E-state index contributed by atoms with van der Waals surface area (Å²) in [5.41, 5.74) is 1.34. The molecule has 1 aliphatic heterocycles. The van der Waals surface area contributed by atoms with Crippen LogP contribution < -0.4 is 0 Å². The van der Waals surface area contributed by atoms with E-state index in [0.29, 0.717) is 19.1 Å². The van der Waals surface area contributed by atoms with E-state index in [1.165, 1.54) is 5.56 Å². The smallest absolute Gasteiger partial charge is 0.0612 e. The summed E-state index contributed by atoms with van der Waals surface area (Å²) in [6.07, 6.45) is 2.68. The Kier molecular flexibility index (Phi) is 3.75. The maximum atomic E-state index is 9.77. The molecule has 0 spiro atoms. The van der Waals surface area contributed by atoms with Gasteiger partial charge in [-0.05, 0) is 24.8 Å². The van der Waals surface area contributed by atoms with E-state index in [-0.39, 0.29) is 6.10 Å². The third kappa shape index (κ3) is 3.05. The number of hydrogen-bond donors (Lipinski definition) is 1. The first-order valence-electron chi connectivity index (χ1n) is 5.66. The second-order valence-corrected chi connectivity index (χ2v) is 4.22. The highest BCUT2D eigenvalue weighted by Crippen LogP contribution is 2.20. The second kappa shape index (κ2) is 5.29. The van der Waals surface area contributed by atoms with Gasteiger partial charge in [0.15, 0.2) is 0 Å². The van der Waals surface area contributed by atoms with Crippen LogP contribution in [-0.4, -0.2) is 24.4 Å². The highest BCUT2D eigenvalue weighted by Gasteiger charge is 2.22. The summed E-state index contributed by atoms with van der Waals surface area (Å²) >= 11 is 0. The Labute approximate surface area is 90.9 Å². The largest absolute Gasteiger partial charge is 0.393 e. The fourth-order valence-electron chi connectivity index (χ4n) is 2.06. The minimum Gasteiger partial charge on any atom is -0.393 e. The first-order chi connectivity index (χ1) is 7.36. The second-order valence-electron chi connectivity index (χ2n) is 4.22. The fraction of sp³-hybridized carbons (Fsp3) is 0.538. The number of aliphatic hydroxyl groups excluding tert-OH is 1. The standard InChI is InChI=1S/C13H18O2/c14-13-8-9-15-10-12(13)7-6-11-4-2-1-3-5-11/h1-5,12-14H,6-10H2. The van der Waals surface area contributed by atoms with Crippen molar-refractivity contribution in [1.82, 2.24) is 0 Å². The quantitative estimate of drug-likeness (QED) is 0.819. The van der Waals surface area contributed by atoms with Crippen molar-refractivity contribution in [2.75, 3.05) is 13.2 Å². The summed E-state index contributed by atoms with van der Waals surface area (Å²) < 4.78 is 5.38. The van der Waals surface area contributed by atoms with Gasteiger partial charge in [-0.3, -0.25) is 0 Å². The Morgan fingerprint density at radius 3 is 2.80 bits per heavy atom. The molecule has 1 N–H and O–H groups in total. The van der Waals surface area contributed by atoms with Crippen LogP contribution in [-0.2, 0) is 11.2 Å². The lowest BCUT2D eigenvalue weighted by Gasteiger charge is -2.27. The zero-order valence-corrected chi connectivity index (χ0v) is 8.93. The van der Waals surface area contributed by atoms with E-state index in [0.717, 1.165) is 19.3 Å². The van der Waals surface area contributed by atoms with Gasteiger partial charge in [0.2, 0.25) is 0 Å². The predicted molar refractivity (Wildman–Crippen MR) is 59.7 cm³/mol. The van der Waals surface area contributed by atoms with Crippen molar-refractivity contribution in [2.45, 2.75) is 25.4 Å². The van der Waals surface area contributed by atoms with E-state index >= 15 is 0 Å². The van der Waals surface area contributed by atoms with Crippen LogP contribution in [0.3, 0.4) is 0 Å². The Hall–Kier alpha value is -0.860. The van der Waals surface area contributed by atoms with E-state index in [9.17, 15) is 5.11 Å². The predicted octanol–water partition coefficient (Wildman–Crippen LogP) is 2.02. The molecule has 2 heteroatoms. The maximum Gasteiger partial charge on any atom is 0.0612 e. The summed E-state index contributed by atoms with van der Waals surface area (Å²) in [5, 5.41) is 9.77. The molecule has 0 aliphatic carbocycles. The van der Waals surface area contributed by atoms with E-state index in [2.05, 4.69) is 24.3 Å². The van der Waals surface area contributed by atoms with Crippen LogP contribution >= 0.6 is 0 Å². The van der Waals surface area contributed by atoms with Crippen molar-refractivity contribution in [1.29, 1.82) is 0 Å². The van der Waals surface area contributed by atoms with Crippen LogP contribution in [0.5, 0.6) is 0 Å². The highest BCUT2D eigenvalue weighted by atomic mass is 16.5. The monoisotopic (exact) mass is 206 g/mol. The van der Waals surface area contributed by atoms with Crippen molar-refractivity contribution < 1.29 is 9.84 Å². The van der Waals surface area contributed by atoms with Gasteiger partial charge in [-0.1, -0.05) is 30.3 Å². The van der Waals surface area contributed by atoms with Crippen LogP contribution in [0, 0.1) is 5.92 Å². The number of ether oxygens (including phenoxy) is 1. The number of aryl methyl sites for hydroxylation is 1. The van der Waals surface area contributed by atoms with Crippen LogP contribution in [0.15, 0.2) is 30.3 Å². The lowest BCUT2D eigenvalue weighted by molar-refractivity contribution is -0.0380. The van der Waals surface area contributed by atoms with Crippen LogP contribution in [0.25, 0.3) is 0 Å². The van der Waals surface area contributed by atoms with E-state index in [1.807, 2.05) is 6.07 Å². The molecule has 1 aromatic carbocycles. The molecule has 1 aliphatic rings. The van der Waals surface area contributed by atoms with E-state index in [4.69, 9.17) is 4.74 Å². The van der Waals surface area contributed by atoms with E-state index < -0.39 is 0 Å². The van der Waals surface area contributed by atoms with Crippen LogP contribution in [0.2, 0.25) is 0 Å². The molecule has 0 aromatic heterocycles. The molecule has 1 fully saturated rings. The van der Waals surface area contributed by atoms with E-state index in [1.54, 1.807) is 0 Å². The minimum absolute atomic E-state index is 0.164. The molecule has 0 saturated carbocycles. The normalized spacial score (nSPS) is 26.5. The Bertz CT molecular complexity index is 284. The zero-order chi connectivity index (χ0) is 10.5. The highest BCUT2D eigenvalue weighted by molar-refractivity contribution is 5.14. The summed E-state index contributed by atoms with van der Waals surface area (Å²) in [6, 6.07) is 10.4. The van der Waals surface area contributed by atoms with Gasteiger partial charge in [-0.15, -0.1) is 0 Å². The molecule has 0 amide bonds. The Morgan fingerprint density at radius 2 is 2.07 bits per heavy atom. The van der Waals surface area contributed by atoms with Crippen molar-refractivity contribution in [3.8, 4) is 0 Å². The lowest BCUT2D eigenvalue weighted by atomic mass is 9.92. The molecule has 1 heterocycles. The number of benzene rings is 1. The summed E-state index contributed by atoms with van der Waals surface area (Å²) in [4.78, 5) is 0. The maximum absolute atomic E-state index is 9.77. The minimum atomic E-state index is -0.164. The molecule has 2 atom stereocenters. The summed E-state index contributed by atoms with van der Waals surface area (Å²) in [7, 11) is 0. The van der Waals surface area contributed by atoms with Gasteiger partial charge in [0.05, 0.1) is 12.7 Å². The van der Waals surface area contributed by atoms with Gasteiger partial charge in [-0.25, -0.2) is 0 Å². The Balaban J connectivity index is 1.82. The number of hydrogen-bond acceptors (Lipinski definition) is 2. The SMILES string of the molecule is OC1CCOCC1CCc1ccccc1. The molecule has 1 saturated heterocycles. The van der Waals surface area contributed by atoms with Crippen LogP contribution in [0.4, 0.5) is 0 Å². The van der Waals surface area contributed by atoms with Gasteiger partial charge in [0.25, 0.3) is 0 Å². The average Bonchev–Trinajstić information content (AvgIpc) is 2.29. The van der Waals surface area contributed by atoms with Gasteiger partial charge < -0.3 is 9.84 Å². The molecule has 82 valence electrons. The third-order valence-electron chi connectivity index (χ3n) is 3.08. The lowest BCUT2D eigenvalue weighted by Crippen LogP contribution is -2.32. The fourth-order valence-corrected chi connectivity index (χ4v) is 2.06. The molecule has 15 heavy (non-hydrogen) atoms. The molecule has 2 nitrogen and oxygen atoms in total. The number of aliphatic hydroxyl groups is 1. The molecule has 2 unspecified atom stereocenters. The molecule has 1 aromatic rings. The third-order valence-corrected chi connectivity index (χ3v) is 3.08.